The van der Waals surface area contributed by atoms with Gasteiger partial charge >= 0.3 is 0 Å². The summed E-state index contributed by atoms with van der Waals surface area (Å²) in [5.41, 5.74) is 0. The Balaban J connectivity index is 2.43. The van der Waals surface area contributed by atoms with Gasteiger partial charge in [0.1, 0.15) is 0 Å². The molecule has 0 radical (unpaired) electrons. The molecule has 4 unspecified atom stereocenters. The van der Waals surface area contributed by atoms with Crippen LogP contribution in [0.5, 0.6) is 0 Å². The highest BCUT2D eigenvalue weighted by Gasteiger charge is 2.29. The molecule has 1 N–H and O–H groups in total. The fourth-order valence-corrected chi connectivity index (χ4v) is 4.77. The molecule has 88 valence electrons. The SMILES string of the molecule is C=CC(NCCC)C1CSC(C)C(C)S1. The van der Waals surface area contributed by atoms with Crippen LogP contribution in [0, 0.1) is 0 Å². The van der Waals surface area contributed by atoms with Crippen LogP contribution in [0.2, 0.25) is 0 Å². The first-order valence-corrected chi connectivity index (χ1v) is 7.81. The molecule has 15 heavy (non-hydrogen) atoms. The Morgan fingerprint density at radius 3 is 2.73 bits per heavy atom. The molecule has 1 nitrogen and oxygen atoms in total. The number of thioether (sulfide) groups is 2. The zero-order valence-electron chi connectivity index (χ0n) is 10.0. The highest BCUT2D eigenvalue weighted by atomic mass is 32.2. The fraction of sp³-hybridized carbons (Fsp3) is 0.833. The van der Waals surface area contributed by atoms with E-state index in [1.54, 1.807) is 0 Å². The van der Waals surface area contributed by atoms with Gasteiger partial charge in [0.2, 0.25) is 0 Å². The van der Waals surface area contributed by atoms with E-state index in [4.69, 9.17) is 0 Å². The maximum atomic E-state index is 3.95. The highest BCUT2D eigenvalue weighted by Crippen LogP contribution is 2.37. The molecule has 1 fully saturated rings. The second kappa shape index (κ2) is 6.87. The zero-order chi connectivity index (χ0) is 11.3. The maximum absolute atomic E-state index is 3.95. The summed E-state index contributed by atoms with van der Waals surface area (Å²) in [7, 11) is 0. The summed E-state index contributed by atoms with van der Waals surface area (Å²) in [6.45, 7) is 11.9. The van der Waals surface area contributed by atoms with E-state index in [-0.39, 0.29) is 0 Å². The van der Waals surface area contributed by atoms with Gasteiger partial charge in [0.25, 0.3) is 0 Å². The molecule has 1 heterocycles. The van der Waals surface area contributed by atoms with Crippen molar-refractivity contribution in [1.29, 1.82) is 0 Å². The van der Waals surface area contributed by atoms with Crippen molar-refractivity contribution in [1.82, 2.24) is 5.32 Å². The Labute approximate surface area is 103 Å². The summed E-state index contributed by atoms with van der Waals surface area (Å²) < 4.78 is 0. The van der Waals surface area contributed by atoms with Gasteiger partial charge in [-0.1, -0.05) is 26.8 Å². The van der Waals surface area contributed by atoms with E-state index >= 15 is 0 Å². The molecular formula is C12H23NS2. The summed E-state index contributed by atoms with van der Waals surface area (Å²) in [5, 5.41) is 5.83. The van der Waals surface area contributed by atoms with Crippen LogP contribution in [0.15, 0.2) is 12.7 Å². The molecule has 0 saturated carbocycles. The quantitative estimate of drug-likeness (QED) is 0.747. The van der Waals surface area contributed by atoms with Gasteiger partial charge < -0.3 is 5.32 Å². The minimum absolute atomic E-state index is 0.484. The van der Waals surface area contributed by atoms with Crippen molar-refractivity contribution >= 4 is 23.5 Å². The first-order chi connectivity index (χ1) is 7.19. The van der Waals surface area contributed by atoms with Gasteiger partial charge in [0.05, 0.1) is 0 Å². The molecule has 0 aromatic heterocycles. The first kappa shape index (κ1) is 13.5. The summed E-state index contributed by atoms with van der Waals surface area (Å²) >= 11 is 4.23. The first-order valence-electron chi connectivity index (χ1n) is 5.82. The molecule has 0 spiro atoms. The topological polar surface area (TPSA) is 12.0 Å². The Bertz CT molecular complexity index is 196. The monoisotopic (exact) mass is 245 g/mol. The molecule has 0 aromatic rings. The maximum Gasteiger partial charge on any atom is 0.0375 e. The van der Waals surface area contributed by atoms with Crippen LogP contribution in [0.4, 0.5) is 0 Å². The molecule has 0 bridgehead atoms. The van der Waals surface area contributed by atoms with Gasteiger partial charge in [0.15, 0.2) is 0 Å². The van der Waals surface area contributed by atoms with Crippen LogP contribution >= 0.6 is 23.5 Å². The van der Waals surface area contributed by atoms with E-state index in [0.717, 1.165) is 17.0 Å². The molecule has 0 amide bonds. The minimum Gasteiger partial charge on any atom is -0.309 e. The molecule has 4 atom stereocenters. The summed E-state index contributed by atoms with van der Waals surface area (Å²) in [4.78, 5) is 0. The smallest absolute Gasteiger partial charge is 0.0375 e. The van der Waals surface area contributed by atoms with Gasteiger partial charge in [-0.15, -0.1) is 6.58 Å². The van der Waals surface area contributed by atoms with Crippen LogP contribution < -0.4 is 5.32 Å². The lowest BCUT2D eigenvalue weighted by molar-refractivity contribution is 0.583. The number of rotatable bonds is 5. The molecule has 0 aromatic carbocycles. The lowest BCUT2D eigenvalue weighted by Gasteiger charge is -2.35. The minimum atomic E-state index is 0.484. The average molecular weight is 245 g/mol. The van der Waals surface area contributed by atoms with Crippen LogP contribution in [0.1, 0.15) is 27.2 Å². The molecule has 1 saturated heterocycles. The number of nitrogens with one attached hydrogen (secondary N) is 1. The summed E-state index contributed by atoms with van der Waals surface area (Å²) in [6.07, 6.45) is 3.28. The van der Waals surface area contributed by atoms with E-state index in [0.29, 0.717) is 11.3 Å². The Morgan fingerprint density at radius 1 is 1.47 bits per heavy atom. The number of hydrogen-bond acceptors (Lipinski definition) is 3. The predicted molar refractivity (Wildman–Crippen MR) is 75.0 cm³/mol. The fourth-order valence-electron chi connectivity index (χ4n) is 1.67. The largest absolute Gasteiger partial charge is 0.309 e. The number of hydrogen-bond donors (Lipinski definition) is 1. The average Bonchev–Trinajstić information content (AvgIpc) is 2.24. The van der Waals surface area contributed by atoms with Gasteiger partial charge in [-0.3, -0.25) is 0 Å². The molecular weight excluding hydrogens is 222 g/mol. The van der Waals surface area contributed by atoms with E-state index in [2.05, 4.69) is 62.3 Å². The molecule has 1 rings (SSSR count). The lowest BCUT2D eigenvalue weighted by atomic mass is 10.2. The van der Waals surface area contributed by atoms with E-state index in [9.17, 15) is 0 Å². The zero-order valence-corrected chi connectivity index (χ0v) is 11.7. The van der Waals surface area contributed by atoms with Crippen molar-refractivity contribution in [2.75, 3.05) is 12.3 Å². The van der Waals surface area contributed by atoms with Crippen molar-refractivity contribution in [2.24, 2.45) is 0 Å². The Kier molecular flexibility index (Phi) is 6.17. The van der Waals surface area contributed by atoms with Crippen molar-refractivity contribution in [3.8, 4) is 0 Å². The molecule has 0 aliphatic carbocycles. The molecule has 1 aliphatic rings. The third-order valence-electron chi connectivity index (χ3n) is 2.86. The van der Waals surface area contributed by atoms with Gasteiger partial charge in [-0.05, 0) is 13.0 Å². The predicted octanol–water partition coefficient (Wildman–Crippen LogP) is 3.17. The van der Waals surface area contributed by atoms with Crippen LogP contribution in [0.3, 0.4) is 0 Å². The van der Waals surface area contributed by atoms with Gasteiger partial charge in [-0.25, -0.2) is 0 Å². The van der Waals surface area contributed by atoms with Crippen molar-refractivity contribution in [3.63, 3.8) is 0 Å². The highest BCUT2D eigenvalue weighted by molar-refractivity contribution is 8.07. The lowest BCUT2D eigenvalue weighted by Crippen LogP contribution is -2.42. The molecule has 3 heteroatoms. The second-order valence-electron chi connectivity index (χ2n) is 4.13. The van der Waals surface area contributed by atoms with Crippen LogP contribution in [-0.2, 0) is 0 Å². The van der Waals surface area contributed by atoms with Crippen LogP contribution in [0.25, 0.3) is 0 Å². The van der Waals surface area contributed by atoms with Crippen molar-refractivity contribution in [2.45, 2.75) is 49.0 Å². The Morgan fingerprint density at radius 2 is 2.20 bits per heavy atom. The second-order valence-corrected chi connectivity index (χ2v) is 7.17. The van der Waals surface area contributed by atoms with Gasteiger partial charge in [0, 0.05) is 27.5 Å². The standard InChI is InChI=1S/C12H23NS2/c1-5-7-13-11(6-2)12-8-14-9(3)10(4)15-12/h6,9-13H,2,5,7-8H2,1,3-4H3. The molecule has 1 aliphatic heterocycles. The van der Waals surface area contributed by atoms with E-state index < -0.39 is 0 Å². The summed E-state index contributed by atoms with van der Waals surface area (Å²) in [6, 6.07) is 0.484. The van der Waals surface area contributed by atoms with Gasteiger partial charge in [-0.2, -0.15) is 23.5 Å². The van der Waals surface area contributed by atoms with E-state index in [1.165, 1.54) is 12.2 Å². The third kappa shape index (κ3) is 4.04. The summed E-state index contributed by atoms with van der Waals surface area (Å²) in [5.74, 6) is 1.25. The van der Waals surface area contributed by atoms with Crippen LogP contribution in [-0.4, -0.2) is 34.1 Å². The third-order valence-corrected chi connectivity index (χ3v) is 6.37. The van der Waals surface area contributed by atoms with Crippen molar-refractivity contribution < 1.29 is 0 Å². The van der Waals surface area contributed by atoms with E-state index in [1.807, 2.05) is 0 Å². The van der Waals surface area contributed by atoms with Crippen molar-refractivity contribution in [3.05, 3.63) is 12.7 Å². The Hall–Kier alpha value is 0.400. The normalized spacial score (nSPS) is 33.7.